The molecule has 7 nitrogen and oxygen atoms in total. The van der Waals surface area contributed by atoms with Crippen LogP contribution in [0.2, 0.25) is 0 Å². The van der Waals surface area contributed by atoms with Gasteiger partial charge >= 0.3 is 0 Å². The molecule has 0 amide bonds. The summed E-state index contributed by atoms with van der Waals surface area (Å²) in [5.41, 5.74) is 0. The Morgan fingerprint density at radius 2 is 1.76 bits per heavy atom. The van der Waals surface area contributed by atoms with E-state index in [-0.39, 0.29) is 0 Å². The van der Waals surface area contributed by atoms with Gasteiger partial charge in [-0.15, -0.1) is 0 Å². The first-order valence-electron chi connectivity index (χ1n) is 7.96. The van der Waals surface area contributed by atoms with Crippen molar-refractivity contribution in [2.75, 3.05) is 65.6 Å². The van der Waals surface area contributed by atoms with Gasteiger partial charge < -0.3 is 10.1 Å². The SMILES string of the molecule is O=S(=O)(N1CCCNCC1)N1CCC(N2CCOCC2)C1. The van der Waals surface area contributed by atoms with Crippen molar-refractivity contribution >= 4 is 10.2 Å². The largest absolute Gasteiger partial charge is 0.379 e. The van der Waals surface area contributed by atoms with Gasteiger partial charge in [-0.1, -0.05) is 0 Å². The molecule has 0 saturated carbocycles. The summed E-state index contributed by atoms with van der Waals surface area (Å²) < 4.78 is 34.2. The smallest absolute Gasteiger partial charge is 0.282 e. The molecule has 0 radical (unpaired) electrons. The van der Waals surface area contributed by atoms with Crippen molar-refractivity contribution in [2.24, 2.45) is 0 Å². The maximum absolute atomic E-state index is 12.7. The van der Waals surface area contributed by atoms with E-state index in [1.54, 1.807) is 8.61 Å². The summed E-state index contributed by atoms with van der Waals surface area (Å²) in [5, 5.41) is 3.25. The summed E-state index contributed by atoms with van der Waals surface area (Å²) in [6.45, 7) is 7.53. The van der Waals surface area contributed by atoms with Gasteiger partial charge in [0.1, 0.15) is 0 Å². The minimum atomic E-state index is -3.29. The average molecular weight is 318 g/mol. The molecule has 1 N–H and O–H groups in total. The third-order valence-corrected chi connectivity index (χ3v) is 6.64. The van der Waals surface area contributed by atoms with E-state index in [9.17, 15) is 8.42 Å². The summed E-state index contributed by atoms with van der Waals surface area (Å²) in [7, 11) is -3.29. The van der Waals surface area contributed by atoms with Crippen molar-refractivity contribution in [1.82, 2.24) is 18.8 Å². The Bertz CT molecular complexity index is 431. The first kappa shape index (κ1) is 15.6. The zero-order valence-corrected chi connectivity index (χ0v) is 13.4. The summed E-state index contributed by atoms with van der Waals surface area (Å²) >= 11 is 0. The van der Waals surface area contributed by atoms with Gasteiger partial charge in [0.25, 0.3) is 10.2 Å². The van der Waals surface area contributed by atoms with Gasteiger partial charge in [-0.25, -0.2) is 0 Å². The van der Waals surface area contributed by atoms with Crippen LogP contribution >= 0.6 is 0 Å². The van der Waals surface area contributed by atoms with Crippen molar-refractivity contribution in [3.63, 3.8) is 0 Å². The Kier molecular flexibility index (Phi) is 5.13. The van der Waals surface area contributed by atoms with Crippen molar-refractivity contribution < 1.29 is 13.2 Å². The molecule has 3 saturated heterocycles. The van der Waals surface area contributed by atoms with E-state index >= 15 is 0 Å². The normalized spacial score (nSPS) is 31.3. The first-order chi connectivity index (χ1) is 10.2. The molecule has 21 heavy (non-hydrogen) atoms. The molecule has 0 aromatic rings. The fourth-order valence-corrected chi connectivity index (χ4v) is 5.08. The van der Waals surface area contributed by atoms with E-state index in [1.165, 1.54) is 0 Å². The lowest BCUT2D eigenvalue weighted by Crippen LogP contribution is -2.47. The second kappa shape index (κ2) is 6.89. The lowest BCUT2D eigenvalue weighted by Gasteiger charge is -2.32. The summed E-state index contributed by atoms with van der Waals surface area (Å²) in [6, 6.07) is 0.355. The number of morpholine rings is 1. The second-order valence-corrected chi connectivity index (χ2v) is 7.89. The zero-order chi connectivity index (χ0) is 14.7. The highest BCUT2D eigenvalue weighted by Crippen LogP contribution is 2.22. The molecular formula is C13H26N4O3S. The van der Waals surface area contributed by atoms with Crippen LogP contribution in [-0.2, 0) is 14.9 Å². The monoisotopic (exact) mass is 318 g/mol. The van der Waals surface area contributed by atoms with Gasteiger partial charge in [0.2, 0.25) is 0 Å². The Morgan fingerprint density at radius 1 is 0.952 bits per heavy atom. The van der Waals surface area contributed by atoms with Gasteiger partial charge in [-0.3, -0.25) is 4.90 Å². The Morgan fingerprint density at radius 3 is 2.57 bits per heavy atom. The van der Waals surface area contributed by atoms with Gasteiger partial charge in [-0.05, 0) is 19.4 Å². The molecular weight excluding hydrogens is 292 g/mol. The molecule has 3 aliphatic heterocycles. The van der Waals surface area contributed by atoms with Crippen LogP contribution in [-0.4, -0.2) is 93.5 Å². The van der Waals surface area contributed by atoms with Gasteiger partial charge in [-0.2, -0.15) is 17.0 Å². The molecule has 1 unspecified atom stereocenters. The van der Waals surface area contributed by atoms with Crippen molar-refractivity contribution in [2.45, 2.75) is 18.9 Å². The maximum Gasteiger partial charge on any atom is 0.282 e. The van der Waals surface area contributed by atoms with Crippen molar-refractivity contribution in [3.8, 4) is 0 Å². The van der Waals surface area contributed by atoms with Crippen LogP contribution in [0.3, 0.4) is 0 Å². The molecule has 1 atom stereocenters. The van der Waals surface area contributed by atoms with Crippen LogP contribution < -0.4 is 5.32 Å². The molecule has 3 aliphatic rings. The molecule has 0 aromatic carbocycles. The summed E-state index contributed by atoms with van der Waals surface area (Å²) in [6.07, 6.45) is 1.82. The maximum atomic E-state index is 12.7. The fraction of sp³-hybridized carbons (Fsp3) is 1.00. The number of nitrogens with zero attached hydrogens (tertiary/aromatic N) is 3. The summed E-state index contributed by atoms with van der Waals surface area (Å²) in [4.78, 5) is 2.38. The van der Waals surface area contributed by atoms with E-state index in [2.05, 4.69) is 10.2 Å². The minimum Gasteiger partial charge on any atom is -0.379 e. The molecule has 3 fully saturated rings. The van der Waals surface area contributed by atoms with Crippen LogP contribution in [0.25, 0.3) is 0 Å². The Hall–Kier alpha value is -0.250. The number of hydrogen-bond donors (Lipinski definition) is 1. The predicted octanol–water partition coefficient (Wildman–Crippen LogP) is -1.07. The number of rotatable bonds is 3. The number of nitrogens with one attached hydrogen (secondary N) is 1. The van der Waals surface area contributed by atoms with Crippen LogP contribution in [0.15, 0.2) is 0 Å². The van der Waals surface area contributed by atoms with E-state index in [0.29, 0.717) is 32.2 Å². The average Bonchev–Trinajstić information content (AvgIpc) is 2.84. The molecule has 3 rings (SSSR count). The standard InChI is InChI=1S/C13H26N4O3S/c18-21(19,16-5-1-3-14-4-7-16)17-6-2-13(12-17)15-8-10-20-11-9-15/h13-14H,1-12H2. The Labute approximate surface area is 127 Å². The van der Waals surface area contributed by atoms with Crippen LogP contribution in [0.4, 0.5) is 0 Å². The summed E-state index contributed by atoms with van der Waals surface area (Å²) in [5.74, 6) is 0. The predicted molar refractivity (Wildman–Crippen MR) is 80.3 cm³/mol. The molecule has 122 valence electrons. The van der Waals surface area contributed by atoms with Crippen LogP contribution in [0, 0.1) is 0 Å². The topological polar surface area (TPSA) is 65.1 Å². The van der Waals surface area contributed by atoms with Crippen LogP contribution in [0.1, 0.15) is 12.8 Å². The third-order valence-electron chi connectivity index (χ3n) is 4.64. The highest BCUT2D eigenvalue weighted by atomic mass is 32.2. The van der Waals surface area contributed by atoms with E-state index in [4.69, 9.17) is 4.74 Å². The zero-order valence-electron chi connectivity index (χ0n) is 12.5. The second-order valence-electron chi connectivity index (χ2n) is 5.96. The molecule has 0 spiro atoms. The van der Waals surface area contributed by atoms with Crippen molar-refractivity contribution in [1.29, 1.82) is 0 Å². The lowest BCUT2D eigenvalue weighted by atomic mass is 10.2. The number of hydrogen-bond acceptors (Lipinski definition) is 5. The quantitative estimate of drug-likeness (QED) is 0.718. The third kappa shape index (κ3) is 3.57. The van der Waals surface area contributed by atoms with Gasteiger partial charge in [0, 0.05) is 51.9 Å². The highest BCUT2D eigenvalue weighted by molar-refractivity contribution is 7.86. The van der Waals surface area contributed by atoms with Crippen LogP contribution in [0.5, 0.6) is 0 Å². The molecule has 3 heterocycles. The van der Waals surface area contributed by atoms with E-state index in [0.717, 1.165) is 52.2 Å². The molecule has 0 aliphatic carbocycles. The molecule has 8 heteroatoms. The van der Waals surface area contributed by atoms with Gasteiger partial charge in [0.15, 0.2) is 0 Å². The first-order valence-corrected chi connectivity index (χ1v) is 9.35. The Balaban J connectivity index is 1.61. The van der Waals surface area contributed by atoms with Crippen molar-refractivity contribution in [3.05, 3.63) is 0 Å². The number of ether oxygens (including phenoxy) is 1. The lowest BCUT2D eigenvalue weighted by molar-refractivity contribution is 0.0196. The van der Waals surface area contributed by atoms with E-state index in [1.807, 2.05) is 0 Å². The van der Waals surface area contributed by atoms with Gasteiger partial charge in [0.05, 0.1) is 13.2 Å². The molecule has 0 bridgehead atoms. The fourth-order valence-electron chi connectivity index (χ4n) is 3.38. The van der Waals surface area contributed by atoms with E-state index < -0.39 is 10.2 Å². The molecule has 0 aromatic heterocycles. The highest BCUT2D eigenvalue weighted by Gasteiger charge is 2.37. The minimum absolute atomic E-state index is 0.355.